The summed E-state index contributed by atoms with van der Waals surface area (Å²) in [5, 5.41) is 0. The fourth-order valence-electron chi connectivity index (χ4n) is 0.103. The van der Waals surface area contributed by atoms with E-state index >= 15 is 0 Å². The van der Waals surface area contributed by atoms with E-state index in [0.717, 1.165) is 0 Å². The molecule has 0 heterocycles. The van der Waals surface area contributed by atoms with Gasteiger partial charge in [-0.2, -0.15) is 14.7 Å². The molecule has 0 fully saturated rings. The van der Waals surface area contributed by atoms with Gasteiger partial charge in [-0.05, 0) is 0 Å². The monoisotopic (exact) mass is 125 g/mol. The van der Waals surface area contributed by atoms with Crippen molar-refractivity contribution >= 4 is 5.97 Å². The molecule has 0 atom stereocenters. The predicted octanol–water partition coefficient (Wildman–Crippen LogP) is 0.0585. The van der Waals surface area contributed by atoms with Gasteiger partial charge in [0.05, 0.1) is 0 Å². The Balaban J connectivity index is 3.82. The molecule has 0 aliphatic carbocycles. The van der Waals surface area contributed by atoms with Crippen molar-refractivity contribution in [3.8, 4) is 0 Å². The van der Waals surface area contributed by atoms with E-state index < -0.39 is 11.9 Å². The van der Waals surface area contributed by atoms with Gasteiger partial charge < -0.3 is 4.84 Å². The molecule has 0 unspecified atom stereocenters. The summed E-state index contributed by atoms with van der Waals surface area (Å²) in [7, 11) is 0. The SMILES string of the molecule is CC(F)(F)C(=O)ON. The number of hydrogen-bond acceptors (Lipinski definition) is 3. The summed E-state index contributed by atoms with van der Waals surface area (Å²) in [5.41, 5.74) is 0. The summed E-state index contributed by atoms with van der Waals surface area (Å²) in [5.74, 6) is -1.07. The molecule has 0 amide bonds. The van der Waals surface area contributed by atoms with E-state index in [9.17, 15) is 13.6 Å². The molecule has 0 aliphatic rings. The molecule has 0 spiro atoms. The van der Waals surface area contributed by atoms with E-state index in [1.807, 2.05) is 0 Å². The Labute approximate surface area is 44.4 Å². The van der Waals surface area contributed by atoms with Crippen LogP contribution in [0.15, 0.2) is 0 Å². The number of nitrogens with two attached hydrogens (primary N) is 1. The Kier molecular flexibility index (Phi) is 1.86. The average Bonchev–Trinajstić information content (AvgIpc) is 1.62. The lowest BCUT2D eigenvalue weighted by atomic mass is 10.4. The van der Waals surface area contributed by atoms with Crippen LogP contribution in [-0.4, -0.2) is 11.9 Å². The van der Waals surface area contributed by atoms with Gasteiger partial charge in [-0.15, -0.1) is 0 Å². The molecular weight excluding hydrogens is 120 g/mol. The van der Waals surface area contributed by atoms with Crippen LogP contribution in [0, 0.1) is 0 Å². The van der Waals surface area contributed by atoms with Crippen LogP contribution in [0.3, 0.4) is 0 Å². The number of alkyl halides is 2. The quantitative estimate of drug-likeness (QED) is 0.504. The first-order valence-electron chi connectivity index (χ1n) is 1.77. The van der Waals surface area contributed by atoms with Gasteiger partial charge >= 0.3 is 11.9 Å². The van der Waals surface area contributed by atoms with Crippen LogP contribution >= 0.6 is 0 Å². The molecule has 0 aliphatic heterocycles. The number of carbonyl (C=O) groups is 1. The molecule has 8 heavy (non-hydrogen) atoms. The van der Waals surface area contributed by atoms with Gasteiger partial charge in [0.1, 0.15) is 0 Å². The third kappa shape index (κ3) is 1.83. The van der Waals surface area contributed by atoms with Gasteiger partial charge in [0.15, 0.2) is 0 Å². The highest BCUT2D eigenvalue weighted by atomic mass is 19.3. The molecule has 0 aromatic rings. The highest BCUT2D eigenvalue weighted by molar-refractivity contribution is 5.76. The highest BCUT2D eigenvalue weighted by Gasteiger charge is 2.33. The Morgan fingerprint density at radius 2 is 2.12 bits per heavy atom. The molecule has 0 aromatic carbocycles. The topological polar surface area (TPSA) is 52.3 Å². The fraction of sp³-hybridized carbons (Fsp3) is 0.667. The Morgan fingerprint density at radius 1 is 1.75 bits per heavy atom. The van der Waals surface area contributed by atoms with Crippen molar-refractivity contribution in [3.05, 3.63) is 0 Å². The minimum Gasteiger partial charge on any atom is -0.369 e. The third-order valence-electron chi connectivity index (χ3n) is 0.465. The van der Waals surface area contributed by atoms with Crippen molar-refractivity contribution < 1.29 is 18.4 Å². The second kappa shape index (κ2) is 2.04. The van der Waals surface area contributed by atoms with Gasteiger partial charge in [0.25, 0.3) is 0 Å². The number of hydrogen-bond donors (Lipinski definition) is 1. The van der Waals surface area contributed by atoms with E-state index in [-0.39, 0.29) is 0 Å². The maximum Gasteiger partial charge on any atom is 0.395 e. The van der Waals surface area contributed by atoms with E-state index in [1.54, 1.807) is 0 Å². The normalized spacial score (nSPS) is 11.0. The van der Waals surface area contributed by atoms with Gasteiger partial charge in [-0.1, -0.05) is 0 Å². The molecular formula is C3H5F2NO2. The van der Waals surface area contributed by atoms with Gasteiger partial charge in [-0.3, -0.25) is 0 Å². The zero-order valence-electron chi connectivity index (χ0n) is 4.15. The van der Waals surface area contributed by atoms with Crippen LogP contribution in [0.4, 0.5) is 8.78 Å². The largest absolute Gasteiger partial charge is 0.395 e. The summed E-state index contributed by atoms with van der Waals surface area (Å²) < 4.78 is 23.1. The maximum atomic E-state index is 11.6. The molecule has 0 saturated heterocycles. The molecule has 0 aromatic heterocycles. The van der Waals surface area contributed by atoms with Gasteiger partial charge in [0, 0.05) is 6.92 Å². The first-order chi connectivity index (χ1) is 3.48. The summed E-state index contributed by atoms with van der Waals surface area (Å²) >= 11 is 0. The number of rotatable bonds is 1. The molecule has 48 valence electrons. The summed E-state index contributed by atoms with van der Waals surface area (Å²) in [6.45, 7) is 0.405. The number of carbonyl (C=O) groups excluding carboxylic acids is 1. The van der Waals surface area contributed by atoms with E-state index in [0.29, 0.717) is 6.92 Å². The first-order valence-corrected chi connectivity index (χ1v) is 1.77. The first kappa shape index (κ1) is 7.29. The molecule has 0 radical (unpaired) electrons. The van der Waals surface area contributed by atoms with Crippen LogP contribution in [0.2, 0.25) is 0 Å². The minimum atomic E-state index is -3.48. The van der Waals surface area contributed by atoms with Crippen LogP contribution < -0.4 is 5.90 Å². The molecule has 0 saturated carbocycles. The summed E-state index contributed by atoms with van der Waals surface area (Å²) in [4.78, 5) is 13.0. The van der Waals surface area contributed by atoms with Gasteiger partial charge in [-0.25, -0.2) is 4.79 Å². The lowest BCUT2D eigenvalue weighted by Gasteiger charge is -2.03. The van der Waals surface area contributed by atoms with Crippen molar-refractivity contribution in [1.82, 2.24) is 0 Å². The maximum absolute atomic E-state index is 11.6. The smallest absolute Gasteiger partial charge is 0.369 e. The summed E-state index contributed by atoms with van der Waals surface area (Å²) in [6.07, 6.45) is 0. The van der Waals surface area contributed by atoms with E-state index in [1.165, 1.54) is 0 Å². The van der Waals surface area contributed by atoms with Crippen LogP contribution in [-0.2, 0) is 9.63 Å². The zero-order chi connectivity index (χ0) is 6.78. The predicted molar refractivity (Wildman–Crippen MR) is 20.9 cm³/mol. The van der Waals surface area contributed by atoms with Crippen LogP contribution in [0.5, 0.6) is 0 Å². The Morgan fingerprint density at radius 3 is 2.12 bits per heavy atom. The van der Waals surface area contributed by atoms with E-state index in [2.05, 4.69) is 10.7 Å². The Bertz CT molecular complexity index is 97.9. The molecule has 5 heteroatoms. The molecule has 0 rings (SSSR count). The average molecular weight is 125 g/mol. The van der Waals surface area contributed by atoms with Gasteiger partial charge in [0.2, 0.25) is 0 Å². The van der Waals surface area contributed by atoms with Crippen molar-refractivity contribution in [1.29, 1.82) is 0 Å². The Hall–Kier alpha value is -0.710. The van der Waals surface area contributed by atoms with Crippen molar-refractivity contribution in [2.75, 3.05) is 0 Å². The molecule has 2 N–H and O–H groups in total. The minimum absolute atomic E-state index is 0.405. The second-order valence-electron chi connectivity index (χ2n) is 1.29. The van der Waals surface area contributed by atoms with Crippen LogP contribution in [0.25, 0.3) is 0 Å². The third-order valence-corrected chi connectivity index (χ3v) is 0.465. The lowest BCUT2D eigenvalue weighted by Crippen LogP contribution is -2.29. The van der Waals surface area contributed by atoms with Crippen molar-refractivity contribution in [2.45, 2.75) is 12.8 Å². The molecule has 0 bridgehead atoms. The lowest BCUT2D eigenvalue weighted by molar-refractivity contribution is -0.169. The standard InChI is InChI=1S/C3H5F2NO2/c1-3(4,5)2(7)8-6/h6H2,1H3. The number of halogens is 2. The summed E-state index contributed by atoms with van der Waals surface area (Å²) in [6, 6.07) is 0. The van der Waals surface area contributed by atoms with E-state index in [4.69, 9.17) is 0 Å². The fourth-order valence-corrected chi connectivity index (χ4v) is 0.103. The van der Waals surface area contributed by atoms with Crippen molar-refractivity contribution in [2.24, 2.45) is 5.90 Å². The molecule has 3 nitrogen and oxygen atoms in total. The highest BCUT2D eigenvalue weighted by Crippen LogP contribution is 2.11. The second-order valence-corrected chi connectivity index (χ2v) is 1.29. The van der Waals surface area contributed by atoms with Crippen LogP contribution in [0.1, 0.15) is 6.92 Å². The zero-order valence-corrected chi connectivity index (χ0v) is 4.15. The van der Waals surface area contributed by atoms with Crippen molar-refractivity contribution in [3.63, 3.8) is 0 Å².